The number of anilines is 1. The zero-order chi connectivity index (χ0) is 13.1. The summed E-state index contributed by atoms with van der Waals surface area (Å²) < 4.78 is 15.0. The fraction of sp³-hybridized carbons (Fsp3) is 0.417. The van der Waals surface area contributed by atoms with Gasteiger partial charge in [0, 0.05) is 17.8 Å². The maximum absolute atomic E-state index is 13.3. The standard InChI is InChI=1S/C12H16FN5/c1-3-8(2)7-18-12(15-16-17-18)9-4-10(13)6-11(14)5-9/h4-6,8H,3,7,14H2,1-2H3. The van der Waals surface area contributed by atoms with Crippen LogP contribution in [0.5, 0.6) is 0 Å². The second kappa shape index (κ2) is 5.12. The van der Waals surface area contributed by atoms with E-state index in [0.29, 0.717) is 29.5 Å². The number of rotatable bonds is 4. The summed E-state index contributed by atoms with van der Waals surface area (Å²) in [6.45, 7) is 4.93. The van der Waals surface area contributed by atoms with Crippen LogP contribution in [-0.2, 0) is 6.54 Å². The fourth-order valence-corrected chi connectivity index (χ4v) is 1.70. The molecule has 1 atom stereocenters. The smallest absolute Gasteiger partial charge is 0.182 e. The van der Waals surface area contributed by atoms with Gasteiger partial charge in [0.15, 0.2) is 5.82 Å². The molecule has 0 spiro atoms. The second-order valence-corrected chi connectivity index (χ2v) is 4.47. The van der Waals surface area contributed by atoms with Gasteiger partial charge in [-0.1, -0.05) is 20.3 Å². The Morgan fingerprint density at radius 1 is 1.39 bits per heavy atom. The third kappa shape index (κ3) is 2.64. The summed E-state index contributed by atoms with van der Waals surface area (Å²) in [6, 6.07) is 4.32. The summed E-state index contributed by atoms with van der Waals surface area (Å²) in [4.78, 5) is 0. The molecule has 18 heavy (non-hydrogen) atoms. The summed E-state index contributed by atoms with van der Waals surface area (Å²) in [6.07, 6.45) is 1.03. The van der Waals surface area contributed by atoms with Crippen molar-refractivity contribution in [2.45, 2.75) is 26.8 Å². The van der Waals surface area contributed by atoms with Gasteiger partial charge in [-0.25, -0.2) is 9.07 Å². The molecule has 2 rings (SSSR count). The minimum absolute atomic E-state index is 0.364. The number of halogens is 1. The molecule has 6 heteroatoms. The van der Waals surface area contributed by atoms with Crippen molar-refractivity contribution < 1.29 is 4.39 Å². The van der Waals surface area contributed by atoms with Crippen LogP contribution in [-0.4, -0.2) is 20.2 Å². The molecular weight excluding hydrogens is 233 g/mol. The van der Waals surface area contributed by atoms with Crippen molar-refractivity contribution in [1.29, 1.82) is 0 Å². The molecule has 0 saturated carbocycles. The Kier molecular flexibility index (Phi) is 3.55. The van der Waals surface area contributed by atoms with Crippen LogP contribution in [0.4, 0.5) is 10.1 Å². The Morgan fingerprint density at radius 3 is 2.83 bits per heavy atom. The van der Waals surface area contributed by atoms with Crippen LogP contribution < -0.4 is 5.73 Å². The van der Waals surface area contributed by atoms with Gasteiger partial charge in [0.25, 0.3) is 0 Å². The van der Waals surface area contributed by atoms with Crippen LogP contribution in [0.2, 0.25) is 0 Å². The summed E-state index contributed by atoms with van der Waals surface area (Å²) in [5.74, 6) is 0.614. The number of hydrogen-bond acceptors (Lipinski definition) is 4. The van der Waals surface area contributed by atoms with Crippen molar-refractivity contribution in [2.75, 3.05) is 5.73 Å². The molecule has 0 aliphatic carbocycles. The van der Waals surface area contributed by atoms with E-state index in [9.17, 15) is 4.39 Å². The average Bonchev–Trinajstić information content (AvgIpc) is 2.75. The normalized spacial score (nSPS) is 12.6. The minimum Gasteiger partial charge on any atom is -0.399 e. The molecule has 0 bridgehead atoms. The van der Waals surface area contributed by atoms with Gasteiger partial charge in [0.05, 0.1) is 0 Å². The average molecular weight is 249 g/mol. The van der Waals surface area contributed by atoms with Crippen molar-refractivity contribution in [3.8, 4) is 11.4 Å². The monoisotopic (exact) mass is 249 g/mol. The SMILES string of the molecule is CCC(C)Cn1nnnc1-c1cc(N)cc(F)c1. The Labute approximate surface area is 105 Å². The van der Waals surface area contributed by atoms with Crippen molar-refractivity contribution >= 4 is 5.69 Å². The summed E-state index contributed by atoms with van der Waals surface area (Å²) in [5, 5.41) is 11.5. The van der Waals surface area contributed by atoms with E-state index in [-0.39, 0.29) is 5.82 Å². The lowest BCUT2D eigenvalue weighted by atomic mass is 10.1. The molecule has 96 valence electrons. The van der Waals surface area contributed by atoms with E-state index in [2.05, 4.69) is 29.4 Å². The molecule has 5 nitrogen and oxygen atoms in total. The maximum Gasteiger partial charge on any atom is 0.182 e. The highest BCUT2D eigenvalue weighted by atomic mass is 19.1. The van der Waals surface area contributed by atoms with E-state index in [1.54, 1.807) is 10.7 Å². The lowest BCUT2D eigenvalue weighted by molar-refractivity contribution is 0.434. The molecule has 0 amide bonds. The van der Waals surface area contributed by atoms with Gasteiger partial charge >= 0.3 is 0 Å². The van der Waals surface area contributed by atoms with Gasteiger partial charge < -0.3 is 5.73 Å². The predicted octanol–water partition coefficient (Wildman–Crippen LogP) is 2.11. The van der Waals surface area contributed by atoms with Crippen LogP contribution in [0, 0.1) is 11.7 Å². The van der Waals surface area contributed by atoms with Crippen molar-refractivity contribution in [3.63, 3.8) is 0 Å². The number of nitrogens with two attached hydrogens (primary N) is 1. The minimum atomic E-state index is -0.386. The Morgan fingerprint density at radius 2 is 2.17 bits per heavy atom. The fourth-order valence-electron chi connectivity index (χ4n) is 1.70. The van der Waals surface area contributed by atoms with Gasteiger partial charge in [-0.3, -0.25) is 0 Å². The summed E-state index contributed by atoms with van der Waals surface area (Å²) in [5.41, 5.74) is 6.59. The van der Waals surface area contributed by atoms with Crippen LogP contribution >= 0.6 is 0 Å². The Balaban J connectivity index is 2.36. The van der Waals surface area contributed by atoms with Gasteiger partial charge in [0.2, 0.25) is 0 Å². The number of benzene rings is 1. The first-order chi connectivity index (χ1) is 8.60. The van der Waals surface area contributed by atoms with Gasteiger partial charge in [-0.15, -0.1) is 5.10 Å². The van der Waals surface area contributed by atoms with E-state index < -0.39 is 0 Å². The lowest BCUT2D eigenvalue weighted by Crippen LogP contribution is -2.10. The first-order valence-corrected chi connectivity index (χ1v) is 5.92. The van der Waals surface area contributed by atoms with Crippen LogP contribution in [0.15, 0.2) is 18.2 Å². The molecule has 0 aliphatic rings. The summed E-state index contributed by atoms with van der Waals surface area (Å²) in [7, 11) is 0. The van der Waals surface area contributed by atoms with Crippen molar-refractivity contribution in [1.82, 2.24) is 20.2 Å². The van der Waals surface area contributed by atoms with E-state index in [1.807, 2.05) is 0 Å². The molecule has 1 unspecified atom stereocenters. The molecule has 2 N–H and O–H groups in total. The Bertz CT molecular complexity index is 517. The van der Waals surface area contributed by atoms with Crippen LogP contribution in [0.1, 0.15) is 20.3 Å². The predicted molar refractivity (Wildman–Crippen MR) is 67.1 cm³/mol. The molecule has 2 aromatic rings. The zero-order valence-corrected chi connectivity index (χ0v) is 10.5. The van der Waals surface area contributed by atoms with Crippen LogP contribution in [0.3, 0.4) is 0 Å². The van der Waals surface area contributed by atoms with E-state index in [1.165, 1.54) is 12.1 Å². The van der Waals surface area contributed by atoms with Crippen molar-refractivity contribution in [3.05, 3.63) is 24.0 Å². The summed E-state index contributed by atoms with van der Waals surface area (Å²) >= 11 is 0. The van der Waals surface area contributed by atoms with Gasteiger partial charge in [-0.05, 0) is 34.5 Å². The molecule has 1 heterocycles. The molecule has 0 radical (unpaired) electrons. The molecule has 1 aromatic heterocycles. The third-order valence-electron chi connectivity index (χ3n) is 2.89. The highest BCUT2D eigenvalue weighted by molar-refractivity contribution is 5.61. The van der Waals surface area contributed by atoms with E-state index in [4.69, 9.17) is 5.73 Å². The number of aromatic nitrogens is 4. The van der Waals surface area contributed by atoms with E-state index >= 15 is 0 Å². The first-order valence-electron chi connectivity index (χ1n) is 5.92. The third-order valence-corrected chi connectivity index (χ3v) is 2.89. The number of hydrogen-bond donors (Lipinski definition) is 1. The van der Waals surface area contributed by atoms with E-state index in [0.717, 1.165) is 6.42 Å². The molecule has 1 aromatic carbocycles. The molecular formula is C12H16FN5. The zero-order valence-electron chi connectivity index (χ0n) is 10.5. The van der Waals surface area contributed by atoms with Gasteiger partial charge in [0.1, 0.15) is 5.82 Å². The topological polar surface area (TPSA) is 69.6 Å². The number of nitrogen functional groups attached to an aromatic ring is 1. The first kappa shape index (κ1) is 12.5. The highest BCUT2D eigenvalue weighted by Crippen LogP contribution is 2.21. The molecule has 0 aliphatic heterocycles. The quantitative estimate of drug-likeness (QED) is 0.842. The maximum atomic E-state index is 13.3. The van der Waals surface area contributed by atoms with Crippen LogP contribution in [0.25, 0.3) is 11.4 Å². The van der Waals surface area contributed by atoms with Crippen molar-refractivity contribution in [2.24, 2.45) is 5.92 Å². The largest absolute Gasteiger partial charge is 0.399 e. The number of tetrazole rings is 1. The second-order valence-electron chi connectivity index (χ2n) is 4.47. The van der Waals surface area contributed by atoms with Gasteiger partial charge in [-0.2, -0.15) is 0 Å². The molecule has 0 fully saturated rings. The number of nitrogens with zero attached hydrogens (tertiary/aromatic N) is 4. The molecule has 0 saturated heterocycles. The lowest BCUT2D eigenvalue weighted by Gasteiger charge is -2.10. The highest BCUT2D eigenvalue weighted by Gasteiger charge is 2.12. The Hall–Kier alpha value is -1.98.